The van der Waals surface area contributed by atoms with Crippen LogP contribution in [0.3, 0.4) is 0 Å². The summed E-state index contributed by atoms with van der Waals surface area (Å²) in [5.74, 6) is -1.39. The number of anilines is 2. The van der Waals surface area contributed by atoms with Crippen LogP contribution >= 0.6 is 0 Å². The highest BCUT2D eigenvalue weighted by Gasteiger charge is 2.41. The monoisotopic (exact) mass is 703 g/mol. The van der Waals surface area contributed by atoms with E-state index in [1.54, 1.807) is 25.2 Å². The van der Waals surface area contributed by atoms with Crippen LogP contribution in [0.1, 0.15) is 63.8 Å². The zero-order valence-corrected chi connectivity index (χ0v) is 28.9. The second-order valence-corrected chi connectivity index (χ2v) is 13.1. The van der Waals surface area contributed by atoms with E-state index in [2.05, 4.69) is 21.1 Å². The molecule has 1 aromatic heterocycles. The zero-order valence-electron chi connectivity index (χ0n) is 28.9. The van der Waals surface area contributed by atoms with Gasteiger partial charge in [0, 0.05) is 60.9 Å². The van der Waals surface area contributed by atoms with Crippen LogP contribution in [-0.2, 0) is 25.7 Å². The van der Waals surface area contributed by atoms with Crippen molar-refractivity contribution in [2.45, 2.75) is 51.7 Å². The van der Waals surface area contributed by atoms with Crippen molar-refractivity contribution in [1.29, 1.82) is 0 Å². The number of aromatic nitrogens is 1. The summed E-state index contributed by atoms with van der Waals surface area (Å²) in [6.07, 6.45) is 0.298. The average molecular weight is 704 g/mol. The number of urea groups is 1. The molecule has 3 N–H and O–H groups in total. The molecule has 52 heavy (non-hydrogen) atoms. The maximum Gasteiger partial charge on any atom is 0.325 e. The van der Waals surface area contributed by atoms with Gasteiger partial charge in [-0.05, 0) is 55.7 Å². The van der Waals surface area contributed by atoms with Crippen molar-refractivity contribution in [1.82, 2.24) is 25.6 Å². The fourth-order valence-corrected chi connectivity index (χ4v) is 7.30. The number of nitrogens with one attached hydrogen (secondary N) is 3. The lowest BCUT2D eigenvalue weighted by molar-refractivity contribution is -0.137. The third-order valence-corrected chi connectivity index (χ3v) is 9.81. The first-order valence-electron chi connectivity index (χ1n) is 17.0. The second-order valence-electron chi connectivity index (χ2n) is 13.1. The number of benzene rings is 3. The van der Waals surface area contributed by atoms with Crippen LogP contribution in [-0.4, -0.2) is 76.7 Å². The predicted octanol–water partition coefficient (Wildman–Crippen LogP) is 3.83. The van der Waals surface area contributed by atoms with E-state index in [9.17, 15) is 28.8 Å². The number of carbonyl (C=O) groups is 6. The van der Waals surface area contributed by atoms with E-state index in [0.29, 0.717) is 22.6 Å². The van der Waals surface area contributed by atoms with Gasteiger partial charge in [-0.25, -0.2) is 4.79 Å². The molecule has 1 saturated heterocycles. The molecule has 4 heterocycles. The fourth-order valence-electron chi connectivity index (χ4n) is 7.30. The molecule has 266 valence electrons. The number of hydrogen-bond donors (Lipinski definition) is 3. The van der Waals surface area contributed by atoms with Crippen molar-refractivity contribution >= 4 is 46.9 Å². The van der Waals surface area contributed by atoms with Crippen molar-refractivity contribution < 1.29 is 33.3 Å². The van der Waals surface area contributed by atoms with Gasteiger partial charge >= 0.3 is 6.03 Å². The Bertz CT molecular complexity index is 2110. The Morgan fingerprint density at radius 2 is 1.77 bits per heavy atom. The topological polar surface area (TPSA) is 174 Å². The normalized spacial score (nSPS) is 18.2. The Balaban J connectivity index is 1.03. The molecule has 3 aromatic carbocycles. The first kappa shape index (κ1) is 34.2. The number of rotatable bonds is 9. The number of amides is 7. The van der Waals surface area contributed by atoms with Crippen LogP contribution in [0.25, 0.3) is 11.1 Å². The van der Waals surface area contributed by atoms with Gasteiger partial charge in [0.2, 0.25) is 23.6 Å². The Morgan fingerprint density at radius 3 is 2.50 bits per heavy atom. The van der Waals surface area contributed by atoms with Crippen molar-refractivity contribution in [2.75, 3.05) is 30.4 Å². The molecular formula is C38H37N7O7. The summed E-state index contributed by atoms with van der Waals surface area (Å²) >= 11 is 0. The highest BCUT2D eigenvalue weighted by atomic mass is 16.5. The molecule has 0 saturated carbocycles. The van der Waals surface area contributed by atoms with Crippen LogP contribution in [0, 0.1) is 13.8 Å². The second kappa shape index (κ2) is 13.8. The van der Waals surface area contributed by atoms with E-state index in [1.807, 2.05) is 62.4 Å². The van der Waals surface area contributed by atoms with E-state index >= 15 is 0 Å². The molecule has 4 aromatic rings. The lowest BCUT2D eigenvalue weighted by Gasteiger charge is -2.41. The molecule has 3 aliphatic heterocycles. The van der Waals surface area contributed by atoms with Gasteiger partial charge in [-0.2, -0.15) is 0 Å². The van der Waals surface area contributed by atoms with Crippen LogP contribution in [0.2, 0.25) is 0 Å². The van der Waals surface area contributed by atoms with Crippen LogP contribution in [0.5, 0.6) is 0 Å². The minimum Gasteiger partial charge on any atom is -0.361 e. The maximum atomic E-state index is 13.8. The first-order chi connectivity index (χ1) is 25.0. The van der Waals surface area contributed by atoms with Crippen LogP contribution < -0.4 is 20.9 Å². The highest BCUT2D eigenvalue weighted by molar-refractivity contribution is 6.07. The van der Waals surface area contributed by atoms with Gasteiger partial charge in [0.1, 0.15) is 18.3 Å². The molecule has 2 unspecified atom stereocenters. The van der Waals surface area contributed by atoms with E-state index in [1.165, 1.54) is 14.7 Å². The van der Waals surface area contributed by atoms with Crippen molar-refractivity contribution in [3.05, 3.63) is 100 Å². The summed E-state index contributed by atoms with van der Waals surface area (Å²) in [6.45, 7) is 3.57. The predicted molar refractivity (Wildman–Crippen MR) is 189 cm³/mol. The van der Waals surface area contributed by atoms with Gasteiger partial charge in [-0.3, -0.25) is 34.2 Å². The number of aryl methyl sites for hydroxylation is 2. The molecule has 0 aliphatic carbocycles. The van der Waals surface area contributed by atoms with Crippen molar-refractivity contribution in [3.63, 3.8) is 0 Å². The summed E-state index contributed by atoms with van der Waals surface area (Å²) in [5, 5.41) is 12.0. The average Bonchev–Trinajstić information content (AvgIpc) is 3.65. The lowest BCUT2D eigenvalue weighted by Crippen LogP contribution is -2.52. The zero-order chi connectivity index (χ0) is 36.7. The molecular weight excluding hydrogens is 666 g/mol. The first-order valence-corrected chi connectivity index (χ1v) is 17.0. The minimum atomic E-state index is -0.776. The summed E-state index contributed by atoms with van der Waals surface area (Å²) in [4.78, 5) is 81.9. The summed E-state index contributed by atoms with van der Waals surface area (Å²) < 4.78 is 5.42. The van der Waals surface area contributed by atoms with Gasteiger partial charge in [0.15, 0.2) is 0 Å². The Labute approximate surface area is 299 Å². The third-order valence-electron chi connectivity index (χ3n) is 9.81. The standard InChI is InChI=1S/C38H37N7O7/c1-21-34(22(2)52-42-21)24-12-13-29-26(18-24)35(23-8-5-4-6-9-23)45(38(51)43(29)3)20-33(48)39-17-16-32(47)40-28-11-7-10-25-27(28)19-44(37(25)50)30-14-15-31(46)41-36(30)49/h4-13,18,30,35H,14-17,19-20H2,1-3H3,(H,39,48)(H,40,47)(H,41,46,49). The Kier molecular flexibility index (Phi) is 9.05. The largest absolute Gasteiger partial charge is 0.361 e. The van der Waals surface area contributed by atoms with Gasteiger partial charge in [-0.15, -0.1) is 0 Å². The molecule has 2 atom stereocenters. The van der Waals surface area contributed by atoms with Gasteiger partial charge in [0.05, 0.1) is 17.4 Å². The quantitative estimate of drug-likeness (QED) is 0.221. The number of fused-ring (bicyclic) bond motifs is 2. The molecule has 14 nitrogen and oxygen atoms in total. The van der Waals surface area contributed by atoms with E-state index in [4.69, 9.17) is 4.52 Å². The van der Waals surface area contributed by atoms with E-state index in [-0.39, 0.29) is 56.7 Å². The number of imide groups is 1. The molecule has 0 spiro atoms. The number of nitrogens with zero attached hydrogens (tertiary/aromatic N) is 4. The van der Waals surface area contributed by atoms with Gasteiger partial charge in [0.25, 0.3) is 5.91 Å². The van der Waals surface area contributed by atoms with E-state index < -0.39 is 29.8 Å². The molecule has 0 bridgehead atoms. The number of carbonyl (C=O) groups excluding carboxylic acids is 6. The van der Waals surface area contributed by atoms with Gasteiger partial charge in [-0.1, -0.05) is 47.6 Å². The molecule has 7 amide bonds. The van der Waals surface area contributed by atoms with Crippen molar-refractivity contribution in [3.8, 4) is 11.1 Å². The summed E-state index contributed by atoms with van der Waals surface area (Å²) in [7, 11) is 1.67. The Hall–Kier alpha value is -6.31. The summed E-state index contributed by atoms with van der Waals surface area (Å²) in [5.41, 5.74) is 6.26. The number of hydrogen-bond acceptors (Lipinski definition) is 8. The number of piperidine rings is 1. The maximum absolute atomic E-state index is 13.8. The van der Waals surface area contributed by atoms with Crippen molar-refractivity contribution in [2.24, 2.45) is 0 Å². The van der Waals surface area contributed by atoms with Crippen LogP contribution in [0.15, 0.2) is 71.3 Å². The van der Waals surface area contributed by atoms with Crippen LogP contribution in [0.4, 0.5) is 16.2 Å². The van der Waals surface area contributed by atoms with E-state index in [0.717, 1.165) is 33.6 Å². The smallest absolute Gasteiger partial charge is 0.325 e. The molecule has 7 rings (SSSR count). The lowest BCUT2D eigenvalue weighted by atomic mass is 9.90. The molecule has 14 heteroatoms. The highest BCUT2D eigenvalue weighted by Crippen LogP contribution is 2.42. The minimum absolute atomic E-state index is 0.00166. The molecule has 3 aliphatic rings. The SMILES string of the molecule is Cc1noc(C)c1-c1ccc2c(c1)C(c1ccccc1)N(CC(=O)NCCC(=O)Nc1cccc3c1CN(C1CCC(=O)NC1=O)C3=O)C(=O)N2C. The van der Waals surface area contributed by atoms with Gasteiger partial charge < -0.3 is 25.0 Å². The Morgan fingerprint density at radius 1 is 0.981 bits per heavy atom. The molecule has 1 fully saturated rings. The molecule has 0 radical (unpaired) electrons. The fraction of sp³-hybridized carbons (Fsp3) is 0.289. The third kappa shape index (κ3) is 6.27. The summed E-state index contributed by atoms with van der Waals surface area (Å²) in [6, 6.07) is 18.6.